The second kappa shape index (κ2) is 7.02. The number of nitrogens with two attached hydrogens (primary N) is 1. The van der Waals surface area contributed by atoms with Gasteiger partial charge in [-0.3, -0.25) is 4.79 Å². The Labute approximate surface area is 71.1 Å². The van der Waals surface area contributed by atoms with E-state index in [1.807, 2.05) is 0 Å². The Balaban J connectivity index is 3.31. The summed E-state index contributed by atoms with van der Waals surface area (Å²) in [6.45, 7) is -0.109. The molecule has 0 fully saturated rings. The minimum absolute atomic E-state index is 0.153. The highest BCUT2D eigenvalue weighted by atomic mass is 16.5. The van der Waals surface area contributed by atoms with Gasteiger partial charge < -0.3 is 20.7 Å². The van der Waals surface area contributed by atoms with Crippen LogP contribution in [0.5, 0.6) is 0 Å². The quantitative estimate of drug-likeness (QED) is 0.435. The molecular formula is C7H15NO4. The average molecular weight is 177 g/mol. The van der Waals surface area contributed by atoms with Gasteiger partial charge in [0, 0.05) is 6.42 Å². The van der Waals surface area contributed by atoms with Gasteiger partial charge in [-0.05, 0) is 13.0 Å². The van der Waals surface area contributed by atoms with Crippen molar-refractivity contribution in [2.75, 3.05) is 19.8 Å². The van der Waals surface area contributed by atoms with Gasteiger partial charge in [0.2, 0.25) is 0 Å². The van der Waals surface area contributed by atoms with Crippen molar-refractivity contribution in [1.29, 1.82) is 0 Å². The van der Waals surface area contributed by atoms with E-state index in [1.54, 1.807) is 0 Å². The van der Waals surface area contributed by atoms with E-state index in [-0.39, 0.29) is 13.0 Å². The lowest BCUT2D eigenvalue weighted by molar-refractivity contribution is -0.147. The van der Waals surface area contributed by atoms with Crippen LogP contribution in [0.25, 0.3) is 0 Å². The molecule has 0 radical (unpaired) electrons. The molecule has 1 atom stereocenters. The summed E-state index contributed by atoms with van der Waals surface area (Å²) in [7, 11) is 0. The summed E-state index contributed by atoms with van der Waals surface area (Å²) in [6, 6.07) is 0. The Hall–Kier alpha value is -0.650. The van der Waals surface area contributed by atoms with Crippen LogP contribution in [0.15, 0.2) is 0 Å². The van der Waals surface area contributed by atoms with Crippen molar-refractivity contribution < 1.29 is 19.7 Å². The van der Waals surface area contributed by atoms with Crippen LogP contribution in [-0.2, 0) is 9.53 Å². The van der Waals surface area contributed by atoms with E-state index in [0.717, 1.165) is 0 Å². The molecule has 0 aromatic rings. The smallest absolute Gasteiger partial charge is 0.305 e. The third kappa shape index (κ3) is 6.09. The summed E-state index contributed by atoms with van der Waals surface area (Å²) in [6.07, 6.45) is -0.144. The first-order valence-corrected chi connectivity index (χ1v) is 3.85. The summed E-state index contributed by atoms with van der Waals surface area (Å²) >= 11 is 0. The molecule has 0 heterocycles. The van der Waals surface area contributed by atoms with Gasteiger partial charge >= 0.3 is 5.97 Å². The van der Waals surface area contributed by atoms with Gasteiger partial charge in [0.05, 0.1) is 6.61 Å². The Morgan fingerprint density at radius 2 is 2.25 bits per heavy atom. The number of rotatable bonds is 6. The summed E-state index contributed by atoms with van der Waals surface area (Å²) < 4.78 is 4.59. The second-order valence-corrected chi connectivity index (χ2v) is 2.41. The minimum Gasteiger partial charge on any atom is -0.463 e. The highest BCUT2D eigenvalue weighted by Gasteiger charge is 2.06. The van der Waals surface area contributed by atoms with Gasteiger partial charge in [0.1, 0.15) is 12.7 Å². The molecule has 12 heavy (non-hydrogen) atoms. The minimum atomic E-state index is -0.980. The van der Waals surface area contributed by atoms with Crippen LogP contribution >= 0.6 is 0 Å². The maximum absolute atomic E-state index is 10.8. The lowest BCUT2D eigenvalue weighted by Gasteiger charge is -2.07. The van der Waals surface area contributed by atoms with Crippen LogP contribution in [-0.4, -0.2) is 42.0 Å². The molecule has 0 aromatic heterocycles. The van der Waals surface area contributed by atoms with E-state index in [0.29, 0.717) is 13.0 Å². The van der Waals surface area contributed by atoms with Crippen LogP contribution < -0.4 is 5.73 Å². The van der Waals surface area contributed by atoms with Gasteiger partial charge in [-0.2, -0.15) is 0 Å². The van der Waals surface area contributed by atoms with E-state index in [1.165, 1.54) is 0 Å². The number of ether oxygens (including phenoxy) is 1. The fraction of sp³-hybridized carbons (Fsp3) is 0.857. The Kier molecular flexibility index (Phi) is 6.64. The van der Waals surface area contributed by atoms with E-state index >= 15 is 0 Å². The van der Waals surface area contributed by atoms with Crippen LogP contribution in [0.1, 0.15) is 12.8 Å². The van der Waals surface area contributed by atoms with Gasteiger partial charge in [-0.15, -0.1) is 0 Å². The fourth-order valence-corrected chi connectivity index (χ4v) is 0.560. The Morgan fingerprint density at radius 1 is 1.58 bits per heavy atom. The van der Waals surface area contributed by atoms with Crippen molar-refractivity contribution in [1.82, 2.24) is 0 Å². The lowest BCUT2D eigenvalue weighted by Crippen LogP contribution is -2.22. The molecule has 0 amide bonds. The molecule has 0 spiro atoms. The van der Waals surface area contributed by atoms with Crippen LogP contribution in [0.2, 0.25) is 0 Å². The molecule has 0 saturated heterocycles. The third-order valence-electron chi connectivity index (χ3n) is 1.23. The molecular weight excluding hydrogens is 162 g/mol. The Morgan fingerprint density at radius 3 is 2.75 bits per heavy atom. The maximum atomic E-state index is 10.8. The van der Waals surface area contributed by atoms with Crippen molar-refractivity contribution in [3.05, 3.63) is 0 Å². The van der Waals surface area contributed by atoms with Gasteiger partial charge in [-0.1, -0.05) is 0 Å². The maximum Gasteiger partial charge on any atom is 0.305 e. The molecule has 5 heteroatoms. The van der Waals surface area contributed by atoms with E-state index in [9.17, 15) is 4.79 Å². The zero-order valence-corrected chi connectivity index (χ0v) is 6.90. The first-order valence-electron chi connectivity index (χ1n) is 3.85. The summed E-state index contributed by atoms with van der Waals surface area (Å²) in [5.74, 6) is -0.395. The number of esters is 1. The predicted molar refractivity (Wildman–Crippen MR) is 42.3 cm³/mol. The van der Waals surface area contributed by atoms with Crippen LogP contribution in [0, 0.1) is 0 Å². The number of carbonyl (C=O) groups is 1. The average Bonchev–Trinajstić information content (AvgIpc) is 2.10. The largest absolute Gasteiger partial charge is 0.463 e. The number of aliphatic hydroxyl groups is 2. The van der Waals surface area contributed by atoms with Crippen molar-refractivity contribution in [2.45, 2.75) is 18.9 Å². The van der Waals surface area contributed by atoms with Crippen LogP contribution in [0.3, 0.4) is 0 Å². The van der Waals surface area contributed by atoms with E-state index in [2.05, 4.69) is 4.74 Å². The monoisotopic (exact) mass is 177 g/mol. The molecule has 0 aliphatic carbocycles. The molecule has 5 nitrogen and oxygen atoms in total. The molecule has 0 rings (SSSR count). The predicted octanol–water partition coefficient (Wildman–Crippen LogP) is -1.38. The topological polar surface area (TPSA) is 92.8 Å². The number of hydrogen-bond acceptors (Lipinski definition) is 5. The van der Waals surface area contributed by atoms with Crippen LogP contribution in [0.4, 0.5) is 0 Å². The third-order valence-corrected chi connectivity index (χ3v) is 1.23. The molecule has 4 N–H and O–H groups in total. The van der Waals surface area contributed by atoms with Gasteiger partial charge in [-0.25, -0.2) is 0 Å². The highest BCUT2D eigenvalue weighted by Crippen LogP contribution is 1.92. The number of hydrogen-bond donors (Lipinski definition) is 3. The first kappa shape index (κ1) is 11.4. The highest BCUT2D eigenvalue weighted by molar-refractivity contribution is 5.69. The Bertz CT molecular complexity index is 129. The lowest BCUT2D eigenvalue weighted by atomic mass is 10.3. The molecule has 72 valence electrons. The molecule has 0 aliphatic heterocycles. The molecule has 0 bridgehead atoms. The molecule has 0 aromatic carbocycles. The van der Waals surface area contributed by atoms with Crippen molar-refractivity contribution in [3.8, 4) is 0 Å². The van der Waals surface area contributed by atoms with Crippen molar-refractivity contribution in [2.24, 2.45) is 5.73 Å². The zero-order chi connectivity index (χ0) is 9.40. The van der Waals surface area contributed by atoms with Gasteiger partial charge in [0.25, 0.3) is 0 Å². The standard InChI is InChI=1S/C7H15NO4/c8-3-1-2-7(11)12-5-6(10)4-9/h6,9-10H,1-5,8H2. The zero-order valence-electron chi connectivity index (χ0n) is 6.90. The summed E-state index contributed by atoms with van der Waals surface area (Å²) in [4.78, 5) is 10.8. The summed E-state index contributed by atoms with van der Waals surface area (Å²) in [5, 5.41) is 17.1. The first-order chi connectivity index (χ1) is 5.70. The SMILES string of the molecule is NCCCC(=O)OCC(O)CO. The van der Waals surface area contributed by atoms with E-state index < -0.39 is 18.7 Å². The van der Waals surface area contributed by atoms with Gasteiger partial charge in [0.15, 0.2) is 0 Å². The molecule has 0 saturated carbocycles. The fourth-order valence-electron chi connectivity index (χ4n) is 0.560. The number of aliphatic hydroxyl groups excluding tert-OH is 2. The number of carbonyl (C=O) groups excluding carboxylic acids is 1. The molecule has 0 aliphatic rings. The van der Waals surface area contributed by atoms with Crippen molar-refractivity contribution in [3.63, 3.8) is 0 Å². The van der Waals surface area contributed by atoms with Crippen molar-refractivity contribution >= 4 is 5.97 Å². The normalized spacial score (nSPS) is 12.6. The second-order valence-electron chi connectivity index (χ2n) is 2.41. The van der Waals surface area contributed by atoms with E-state index in [4.69, 9.17) is 15.9 Å². The molecule has 1 unspecified atom stereocenters. The summed E-state index contributed by atoms with van der Waals surface area (Å²) in [5.41, 5.74) is 5.16.